The highest BCUT2D eigenvalue weighted by Gasteiger charge is 2.14. The van der Waals surface area contributed by atoms with E-state index in [0.717, 1.165) is 5.56 Å². The van der Waals surface area contributed by atoms with Crippen molar-refractivity contribution in [3.63, 3.8) is 0 Å². The van der Waals surface area contributed by atoms with Gasteiger partial charge in [-0.2, -0.15) is 5.26 Å². The van der Waals surface area contributed by atoms with Gasteiger partial charge >= 0.3 is 0 Å². The van der Waals surface area contributed by atoms with E-state index in [4.69, 9.17) is 27.9 Å². The number of ether oxygens (including phenoxy) is 1. The van der Waals surface area contributed by atoms with Crippen LogP contribution in [0.2, 0.25) is 10.0 Å². The number of nitrogens with one attached hydrogen (secondary N) is 1. The number of nitrogens with zero attached hydrogens (tertiary/aromatic N) is 1. The lowest BCUT2D eigenvalue weighted by Gasteiger charge is -2.11. The van der Waals surface area contributed by atoms with Gasteiger partial charge in [-0.15, -0.1) is 0 Å². The minimum atomic E-state index is -0.523. The molecule has 0 saturated heterocycles. The summed E-state index contributed by atoms with van der Waals surface area (Å²) < 4.78 is 5.50. The Kier molecular flexibility index (Phi) is 6.46. The monoisotopic (exact) mass is 374 g/mol. The fourth-order valence-electron chi connectivity index (χ4n) is 2.12. The Balaban J connectivity index is 2.35. The standard InChI is InChI=1S/C19H16Cl2N2O2/c1-3-25-18-13(9-15(20)10-17(18)21)8-14(11-22)19(24)23-16-6-4-12(2)5-7-16/h4-10H,3H2,1-2H3,(H,23,24)/b14-8+. The molecule has 0 atom stereocenters. The first-order valence-corrected chi connectivity index (χ1v) is 8.31. The summed E-state index contributed by atoms with van der Waals surface area (Å²) in [5.41, 5.74) is 2.06. The van der Waals surface area contributed by atoms with E-state index in [1.807, 2.05) is 32.0 Å². The van der Waals surface area contributed by atoms with Crippen LogP contribution in [0.1, 0.15) is 18.1 Å². The van der Waals surface area contributed by atoms with Crippen molar-refractivity contribution in [2.24, 2.45) is 0 Å². The molecule has 1 N–H and O–H groups in total. The Morgan fingerprint density at radius 2 is 1.96 bits per heavy atom. The summed E-state index contributed by atoms with van der Waals surface area (Å²) in [5.74, 6) is -0.144. The van der Waals surface area contributed by atoms with Crippen LogP contribution in [0.5, 0.6) is 5.75 Å². The molecule has 0 saturated carbocycles. The predicted octanol–water partition coefficient (Wildman–Crippen LogP) is 5.25. The lowest BCUT2D eigenvalue weighted by atomic mass is 10.1. The second kappa shape index (κ2) is 8.57. The third-order valence-corrected chi connectivity index (χ3v) is 3.80. The third kappa shape index (κ3) is 4.99. The van der Waals surface area contributed by atoms with Crippen molar-refractivity contribution in [3.8, 4) is 11.8 Å². The van der Waals surface area contributed by atoms with Gasteiger partial charge in [-0.1, -0.05) is 40.9 Å². The number of halogens is 2. The lowest BCUT2D eigenvalue weighted by Crippen LogP contribution is -2.13. The highest BCUT2D eigenvalue weighted by Crippen LogP contribution is 2.34. The molecular weight excluding hydrogens is 359 g/mol. The SMILES string of the molecule is CCOc1c(Cl)cc(Cl)cc1/C=C(\C#N)C(=O)Nc1ccc(C)cc1. The molecule has 0 aliphatic rings. The maximum atomic E-state index is 12.4. The van der Waals surface area contributed by atoms with E-state index in [2.05, 4.69) is 5.32 Å². The van der Waals surface area contributed by atoms with Crippen LogP contribution in [0, 0.1) is 18.3 Å². The van der Waals surface area contributed by atoms with Crippen molar-refractivity contribution in [1.82, 2.24) is 0 Å². The number of hydrogen-bond donors (Lipinski definition) is 1. The van der Waals surface area contributed by atoms with Crippen molar-refractivity contribution in [2.45, 2.75) is 13.8 Å². The van der Waals surface area contributed by atoms with Gasteiger partial charge in [0.25, 0.3) is 5.91 Å². The second-order valence-corrected chi connectivity index (χ2v) is 6.07. The van der Waals surface area contributed by atoms with E-state index in [1.54, 1.807) is 24.3 Å². The fraction of sp³-hybridized carbons (Fsp3) is 0.158. The first-order chi connectivity index (χ1) is 11.9. The van der Waals surface area contributed by atoms with Gasteiger partial charge in [-0.25, -0.2) is 0 Å². The summed E-state index contributed by atoms with van der Waals surface area (Å²) in [4.78, 5) is 12.4. The molecule has 1 amide bonds. The topological polar surface area (TPSA) is 62.1 Å². The Bertz CT molecular complexity index is 853. The Morgan fingerprint density at radius 1 is 1.28 bits per heavy atom. The molecule has 6 heteroatoms. The first-order valence-electron chi connectivity index (χ1n) is 7.56. The highest BCUT2D eigenvalue weighted by molar-refractivity contribution is 6.36. The number of benzene rings is 2. The molecule has 0 aliphatic heterocycles. The van der Waals surface area contributed by atoms with Gasteiger partial charge < -0.3 is 10.1 Å². The van der Waals surface area contributed by atoms with Gasteiger partial charge in [0, 0.05) is 16.3 Å². The maximum Gasteiger partial charge on any atom is 0.266 e. The van der Waals surface area contributed by atoms with E-state index < -0.39 is 5.91 Å². The molecule has 0 bridgehead atoms. The van der Waals surface area contributed by atoms with Crippen molar-refractivity contribution in [2.75, 3.05) is 11.9 Å². The van der Waals surface area contributed by atoms with Crippen molar-refractivity contribution in [1.29, 1.82) is 5.26 Å². The molecule has 128 valence electrons. The maximum absolute atomic E-state index is 12.4. The van der Waals surface area contributed by atoms with E-state index in [-0.39, 0.29) is 5.57 Å². The molecule has 2 aromatic rings. The molecule has 4 nitrogen and oxygen atoms in total. The summed E-state index contributed by atoms with van der Waals surface area (Å²) in [6, 6.07) is 12.3. The van der Waals surface area contributed by atoms with Crippen LogP contribution in [0.4, 0.5) is 5.69 Å². The molecule has 25 heavy (non-hydrogen) atoms. The van der Waals surface area contributed by atoms with Crippen LogP contribution in [-0.4, -0.2) is 12.5 Å². The van der Waals surface area contributed by atoms with Gasteiger partial charge in [0.15, 0.2) is 0 Å². The minimum Gasteiger partial charge on any atom is -0.492 e. The van der Waals surface area contributed by atoms with Crippen LogP contribution < -0.4 is 10.1 Å². The summed E-state index contributed by atoms with van der Waals surface area (Å²) in [6.07, 6.45) is 1.41. The zero-order chi connectivity index (χ0) is 18.4. The highest BCUT2D eigenvalue weighted by atomic mass is 35.5. The van der Waals surface area contributed by atoms with Gasteiger partial charge in [0.1, 0.15) is 17.4 Å². The second-order valence-electron chi connectivity index (χ2n) is 5.23. The zero-order valence-electron chi connectivity index (χ0n) is 13.8. The number of carbonyl (C=O) groups is 1. The average Bonchev–Trinajstić information content (AvgIpc) is 2.57. The molecule has 2 rings (SSSR count). The van der Waals surface area contributed by atoms with Crippen LogP contribution in [-0.2, 0) is 4.79 Å². The largest absolute Gasteiger partial charge is 0.492 e. The van der Waals surface area contributed by atoms with E-state index >= 15 is 0 Å². The number of carbonyl (C=O) groups excluding carboxylic acids is 1. The Morgan fingerprint density at radius 3 is 2.56 bits per heavy atom. The van der Waals surface area contributed by atoms with Crippen molar-refractivity contribution in [3.05, 3.63) is 63.1 Å². The van der Waals surface area contributed by atoms with E-state index in [1.165, 1.54) is 6.08 Å². The van der Waals surface area contributed by atoms with E-state index in [0.29, 0.717) is 33.7 Å². The molecule has 0 spiro atoms. The van der Waals surface area contributed by atoms with Crippen LogP contribution in [0.15, 0.2) is 42.0 Å². The smallest absolute Gasteiger partial charge is 0.266 e. The summed E-state index contributed by atoms with van der Waals surface area (Å²) in [6.45, 7) is 4.15. The number of hydrogen-bond acceptors (Lipinski definition) is 3. The average molecular weight is 375 g/mol. The normalized spacial score (nSPS) is 10.9. The summed E-state index contributed by atoms with van der Waals surface area (Å²) in [5, 5.41) is 12.7. The van der Waals surface area contributed by atoms with Crippen LogP contribution >= 0.6 is 23.2 Å². The molecular formula is C19H16Cl2N2O2. The quantitative estimate of drug-likeness (QED) is 0.574. The van der Waals surface area contributed by atoms with Crippen molar-refractivity contribution < 1.29 is 9.53 Å². The number of anilines is 1. The molecule has 0 aromatic heterocycles. The summed E-state index contributed by atoms with van der Waals surface area (Å²) in [7, 11) is 0. The van der Waals surface area contributed by atoms with Gasteiger partial charge in [0.2, 0.25) is 0 Å². The van der Waals surface area contributed by atoms with Crippen LogP contribution in [0.25, 0.3) is 6.08 Å². The fourth-order valence-corrected chi connectivity index (χ4v) is 2.69. The first kappa shape index (κ1) is 18.9. The van der Waals surface area contributed by atoms with Gasteiger partial charge in [-0.3, -0.25) is 4.79 Å². The van der Waals surface area contributed by atoms with Crippen LogP contribution in [0.3, 0.4) is 0 Å². The Hall–Kier alpha value is -2.48. The van der Waals surface area contributed by atoms with E-state index in [9.17, 15) is 10.1 Å². The number of rotatable bonds is 5. The molecule has 0 radical (unpaired) electrons. The molecule has 0 aliphatic carbocycles. The number of amides is 1. The molecule has 0 unspecified atom stereocenters. The van der Waals surface area contributed by atoms with Crippen molar-refractivity contribution >= 4 is 40.9 Å². The summed E-state index contributed by atoms with van der Waals surface area (Å²) >= 11 is 12.2. The van der Waals surface area contributed by atoms with Gasteiger partial charge in [0.05, 0.1) is 11.6 Å². The third-order valence-electron chi connectivity index (χ3n) is 3.30. The minimum absolute atomic E-state index is 0.0835. The number of nitriles is 1. The lowest BCUT2D eigenvalue weighted by molar-refractivity contribution is -0.112. The Labute approximate surface area is 156 Å². The zero-order valence-corrected chi connectivity index (χ0v) is 15.3. The molecule has 0 fully saturated rings. The molecule has 0 heterocycles. The predicted molar refractivity (Wildman–Crippen MR) is 101 cm³/mol. The number of aryl methyl sites for hydroxylation is 1. The van der Waals surface area contributed by atoms with Gasteiger partial charge in [-0.05, 0) is 44.2 Å². The molecule has 2 aromatic carbocycles.